The third kappa shape index (κ3) is 5.44. The Hall–Kier alpha value is -3.13. The molecule has 10 nitrogen and oxygen atoms in total. The molecular weight excluding hydrogens is 515 g/mol. The first-order valence-electron chi connectivity index (χ1n) is 12.4. The minimum atomic E-state index is -0.261. The number of benzene rings is 1. The number of carbonyl (C=O) groups is 1. The Labute approximate surface area is 224 Å². The van der Waals surface area contributed by atoms with Gasteiger partial charge >= 0.3 is 0 Å². The van der Waals surface area contributed by atoms with Crippen LogP contribution in [0.3, 0.4) is 0 Å². The lowest BCUT2D eigenvalue weighted by Crippen LogP contribution is -2.33. The largest absolute Gasteiger partial charge is 0.378 e. The maximum absolute atomic E-state index is 11.8. The molecule has 2 atom stereocenters. The molecule has 1 aromatic carbocycles. The summed E-state index contributed by atoms with van der Waals surface area (Å²) in [5.74, 6) is 0.645. The number of imidazole rings is 1. The third-order valence-corrected chi connectivity index (χ3v) is 7.72. The van der Waals surface area contributed by atoms with Crippen LogP contribution >= 0.6 is 23.2 Å². The molecule has 1 aliphatic heterocycles. The van der Waals surface area contributed by atoms with Crippen LogP contribution in [0.15, 0.2) is 18.3 Å². The van der Waals surface area contributed by atoms with E-state index in [2.05, 4.69) is 28.6 Å². The zero-order valence-electron chi connectivity index (χ0n) is 20.4. The summed E-state index contributed by atoms with van der Waals surface area (Å²) in [6, 6.07) is 5.41. The number of aromatic nitrogens is 4. The second-order valence-corrected chi connectivity index (χ2v) is 10.5. The molecule has 1 saturated carbocycles. The molecule has 2 fully saturated rings. The summed E-state index contributed by atoms with van der Waals surface area (Å²) in [4.78, 5) is 25.9. The van der Waals surface area contributed by atoms with Crippen molar-refractivity contribution in [2.75, 3.05) is 17.2 Å². The number of ether oxygens (including phenoxy) is 1. The smallest absolute Gasteiger partial charge is 0.224 e. The van der Waals surface area contributed by atoms with E-state index in [0.29, 0.717) is 63.8 Å². The third-order valence-electron chi connectivity index (χ3n) is 7.12. The second-order valence-electron chi connectivity index (χ2n) is 9.71. The molecule has 194 valence electrons. The van der Waals surface area contributed by atoms with Crippen LogP contribution in [0.1, 0.15) is 57.1 Å². The average molecular weight is 543 g/mol. The molecule has 37 heavy (non-hydrogen) atoms. The zero-order chi connectivity index (χ0) is 26.1. The molecule has 2 unspecified atom stereocenters. The number of carbonyl (C=O) groups excluding carboxylic acids is 1. The summed E-state index contributed by atoms with van der Waals surface area (Å²) in [6.45, 7) is 2.76. The number of hydrogen-bond donors (Lipinski definition) is 3. The highest BCUT2D eigenvalue weighted by atomic mass is 35.5. The van der Waals surface area contributed by atoms with Crippen LogP contribution in [-0.2, 0) is 9.53 Å². The van der Waals surface area contributed by atoms with Crippen molar-refractivity contribution in [1.82, 2.24) is 19.5 Å². The van der Waals surface area contributed by atoms with Gasteiger partial charge in [-0.25, -0.2) is 9.97 Å². The predicted octanol–water partition coefficient (Wildman–Crippen LogP) is 4.94. The number of hydrogen-bond acceptors (Lipinski definition) is 8. The Morgan fingerprint density at radius 3 is 2.57 bits per heavy atom. The Morgan fingerprint density at radius 2 is 1.92 bits per heavy atom. The summed E-state index contributed by atoms with van der Waals surface area (Å²) in [6.07, 6.45) is 6.50. The molecule has 3 heterocycles. The number of anilines is 3. The molecule has 0 bridgehead atoms. The molecule has 2 aliphatic rings. The van der Waals surface area contributed by atoms with Crippen molar-refractivity contribution < 1.29 is 9.53 Å². The topological polar surface area (TPSA) is 144 Å². The van der Waals surface area contributed by atoms with Crippen LogP contribution in [-0.4, -0.2) is 44.2 Å². The molecular formula is C25H28Cl2N8O2. The summed E-state index contributed by atoms with van der Waals surface area (Å²) in [7, 11) is 0. The SMILES string of the molecule is CC1CC(Nc2ncc3nc(Nc4c(Cl)cc(C#N)cc4Cl)n(C4CCC(C(N)=O)CC4)c3n2)CCO1. The number of primary amides is 1. The number of nitrogens with two attached hydrogens (primary N) is 1. The Bertz CT molecular complexity index is 1340. The van der Waals surface area contributed by atoms with Gasteiger partial charge in [0.2, 0.25) is 17.8 Å². The first-order chi connectivity index (χ1) is 17.8. The lowest BCUT2D eigenvalue weighted by atomic mass is 9.85. The minimum Gasteiger partial charge on any atom is -0.378 e. The quantitative estimate of drug-likeness (QED) is 0.397. The highest BCUT2D eigenvalue weighted by molar-refractivity contribution is 6.39. The zero-order valence-corrected chi connectivity index (χ0v) is 21.9. The highest BCUT2D eigenvalue weighted by Gasteiger charge is 2.30. The molecule has 0 radical (unpaired) electrons. The maximum Gasteiger partial charge on any atom is 0.224 e. The van der Waals surface area contributed by atoms with E-state index >= 15 is 0 Å². The maximum atomic E-state index is 11.8. The first kappa shape index (κ1) is 25.5. The normalized spacial score (nSPS) is 23.9. The van der Waals surface area contributed by atoms with Crippen molar-refractivity contribution in [2.45, 2.75) is 63.6 Å². The van der Waals surface area contributed by atoms with Crippen LogP contribution < -0.4 is 16.4 Å². The van der Waals surface area contributed by atoms with Crippen molar-refractivity contribution in [3.8, 4) is 6.07 Å². The number of nitrogens with one attached hydrogen (secondary N) is 2. The summed E-state index contributed by atoms with van der Waals surface area (Å²) in [5.41, 5.74) is 7.67. The molecule has 1 aliphatic carbocycles. The van der Waals surface area contributed by atoms with Crippen LogP contribution in [0, 0.1) is 17.2 Å². The fourth-order valence-electron chi connectivity index (χ4n) is 5.19. The van der Waals surface area contributed by atoms with Crippen molar-refractivity contribution in [3.63, 3.8) is 0 Å². The van der Waals surface area contributed by atoms with Gasteiger partial charge in [-0.3, -0.25) is 9.36 Å². The van der Waals surface area contributed by atoms with Gasteiger partial charge in [0, 0.05) is 24.6 Å². The average Bonchev–Trinajstić information content (AvgIpc) is 3.23. The van der Waals surface area contributed by atoms with E-state index in [1.54, 1.807) is 18.3 Å². The van der Waals surface area contributed by atoms with E-state index < -0.39 is 0 Å². The van der Waals surface area contributed by atoms with Crippen molar-refractivity contribution >= 4 is 57.9 Å². The molecule has 2 aromatic heterocycles. The molecule has 12 heteroatoms. The van der Waals surface area contributed by atoms with E-state index in [1.165, 1.54) is 0 Å². The molecule has 0 spiro atoms. The Balaban J connectivity index is 1.52. The fraction of sp³-hybridized carbons (Fsp3) is 0.480. The molecule has 3 aromatic rings. The van der Waals surface area contributed by atoms with E-state index in [0.717, 1.165) is 25.7 Å². The molecule has 5 rings (SSSR count). The van der Waals surface area contributed by atoms with Gasteiger partial charge in [-0.1, -0.05) is 23.2 Å². The fourth-order valence-corrected chi connectivity index (χ4v) is 5.78. The molecule has 1 saturated heterocycles. The first-order valence-corrected chi connectivity index (χ1v) is 13.2. The van der Waals surface area contributed by atoms with E-state index in [1.807, 2.05) is 4.57 Å². The second kappa shape index (κ2) is 10.7. The van der Waals surface area contributed by atoms with Gasteiger partial charge in [0.15, 0.2) is 5.65 Å². The van der Waals surface area contributed by atoms with Crippen molar-refractivity contribution in [2.24, 2.45) is 11.7 Å². The van der Waals surface area contributed by atoms with E-state index in [9.17, 15) is 10.1 Å². The summed E-state index contributed by atoms with van der Waals surface area (Å²) >= 11 is 12.9. The molecule has 4 N–H and O–H groups in total. The van der Waals surface area contributed by atoms with Gasteiger partial charge in [-0.05, 0) is 57.6 Å². The minimum absolute atomic E-state index is 0.0323. The molecule has 1 amide bonds. The highest BCUT2D eigenvalue weighted by Crippen LogP contribution is 2.39. The van der Waals surface area contributed by atoms with Gasteiger partial charge < -0.3 is 21.1 Å². The number of nitriles is 1. The number of fused-ring (bicyclic) bond motifs is 1. The van der Waals surface area contributed by atoms with Crippen molar-refractivity contribution in [1.29, 1.82) is 5.26 Å². The van der Waals surface area contributed by atoms with Crippen LogP contribution in [0.4, 0.5) is 17.6 Å². The number of amides is 1. The van der Waals surface area contributed by atoms with Crippen LogP contribution in [0.5, 0.6) is 0 Å². The van der Waals surface area contributed by atoms with Gasteiger partial charge in [0.25, 0.3) is 0 Å². The van der Waals surface area contributed by atoms with Gasteiger partial charge in [0.05, 0.1) is 39.7 Å². The Morgan fingerprint density at radius 1 is 1.19 bits per heavy atom. The lowest BCUT2D eigenvalue weighted by molar-refractivity contribution is -0.122. The van der Waals surface area contributed by atoms with Gasteiger partial charge in [0.1, 0.15) is 5.52 Å². The van der Waals surface area contributed by atoms with Gasteiger partial charge in [-0.15, -0.1) is 0 Å². The number of rotatable bonds is 6. The number of halogens is 2. The van der Waals surface area contributed by atoms with E-state index in [-0.39, 0.29) is 30.0 Å². The van der Waals surface area contributed by atoms with Crippen LogP contribution in [0.2, 0.25) is 10.0 Å². The number of nitrogens with zero attached hydrogens (tertiary/aromatic N) is 5. The van der Waals surface area contributed by atoms with Gasteiger partial charge in [-0.2, -0.15) is 10.2 Å². The predicted molar refractivity (Wildman–Crippen MR) is 142 cm³/mol. The lowest BCUT2D eigenvalue weighted by Gasteiger charge is -2.29. The summed E-state index contributed by atoms with van der Waals surface area (Å²) < 4.78 is 7.70. The monoisotopic (exact) mass is 542 g/mol. The van der Waals surface area contributed by atoms with E-state index in [4.69, 9.17) is 43.6 Å². The Kier molecular flexibility index (Phi) is 7.38. The summed E-state index contributed by atoms with van der Waals surface area (Å²) in [5, 5.41) is 16.6. The van der Waals surface area contributed by atoms with Crippen LogP contribution in [0.25, 0.3) is 11.2 Å². The standard InChI is InChI=1S/C25H28Cl2N8O2/c1-13-8-16(6-7-37-13)31-24-30-12-20-23(34-24)35(17-4-2-15(3-5-17)22(29)36)25(32-20)33-21-18(26)9-14(11-28)10-19(21)27/h9-10,12-13,15-17H,2-8H2,1H3,(H2,29,36)(H,32,33)(H,30,31,34). The van der Waals surface area contributed by atoms with Crippen molar-refractivity contribution in [3.05, 3.63) is 33.9 Å².